The van der Waals surface area contributed by atoms with Crippen molar-refractivity contribution < 1.29 is 24.2 Å². The molecule has 1 atom stereocenters. The van der Waals surface area contributed by atoms with Gasteiger partial charge in [0.15, 0.2) is 0 Å². The zero-order chi connectivity index (χ0) is 35.5. The van der Waals surface area contributed by atoms with E-state index in [0.29, 0.717) is 35.3 Å². The van der Waals surface area contributed by atoms with Gasteiger partial charge in [0.05, 0.1) is 45.3 Å². The molecule has 0 saturated heterocycles. The lowest BCUT2D eigenvalue weighted by Crippen LogP contribution is -2.22. The first kappa shape index (κ1) is 32.7. The minimum absolute atomic E-state index is 0.00556. The number of pyridine rings is 1. The summed E-state index contributed by atoms with van der Waals surface area (Å²) in [4.78, 5) is 28.5. The standard InChI is InChI=1S/C41H40N4O5/c1-40(2,3)26-7-9-34-28(21-26)29-22-27(41(4,5)6)8-10-35(29)45(34)37-12-11-36(50-37)23-13-15-42-30(17-23)32-19-25(39(48)49)20-33(44-32)31-18-24(38(46)47)14-16-43-31/h7-15,17-22,30,42-43H,16H2,1-6H3,(H,46,47)(H,48,49). The lowest BCUT2D eigenvalue weighted by Gasteiger charge is -2.21. The van der Waals surface area contributed by atoms with Gasteiger partial charge in [-0.3, -0.25) is 4.57 Å². The van der Waals surface area contributed by atoms with E-state index in [1.807, 2.05) is 24.3 Å². The van der Waals surface area contributed by atoms with Crippen molar-refractivity contribution in [3.8, 4) is 5.88 Å². The number of aliphatic carboxylic acids is 1. The van der Waals surface area contributed by atoms with Crippen LogP contribution in [0.3, 0.4) is 0 Å². The molecule has 2 aromatic carbocycles. The summed E-state index contributed by atoms with van der Waals surface area (Å²) in [5.74, 6) is -0.838. The Balaban J connectivity index is 1.29. The first-order valence-corrected chi connectivity index (χ1v) is 16.7. The molecule has 50 heavy (non-hydrogen) atoms. The first-order valence-electron chi connectivity index (χ1n) is 16.7. The topological polar surface area (TPSA) is 130 Å². The predicted molar refractivity (Wildman–Crippen MR) is 196 cm³/mol. The third-order valence-electron chi connectivity index (χ3n) is 9.33. The van der Waals surface area contributed by atoms with E-state index in [1.54, 1.807) is 12.3 Å². The van der Waals surface area contributed by atoms with Crippen molar-refractivity contribution in [2.45, 2.75) is 58.4 Å². The third kappa shape index (κ3) is 6.00. The molecule has 2 aliphatic heterocycles. The molecule has 0 spiro atoms. The lowest BCUT2D eigenvalue weighted by atomic mass is 9.85. The number of benzene rings is 2. The molecule has 0 radical (unpaired) electrons. The van der Waals surface area contributed by atoms with E-state index in [9.17, 15) is 19.8 Å². The van der Waals surface area contributed by atoms with Gasteiger partial charge >= 0.3 is 11.9 Å². The summed E-state index contributed by atoms with van der Waals surface area (Å²) in [7, 11) is 0. The van der Waals surface area contributed by atoms with Crippen molar-refractivity contribution in [1.82, 2.24) is 20.2 Å². The van der Waals surface area contributed by atoms with Crippen LogP contribution in [-0.2, 0) is 15.6 Å². The van der Waals surface area contributed by atoms with Gasteiger partial charge in [-0.25, -0.2) is 14.6 Å². The molecule has 9 heteroatoms. The van der Waals surface area contributed by atoms with E-state index in [0.717, 1.165) is 16.6 Å². The fourth-order valence-electron chi connectivity index (χ4n) is 6.48. The normalized spacial score (nSPS) is 16.4. The minimum Gasteiger partial charge on any atom is -0.478 e. The number of nitrogens with one attached hydrogen (secondary N) is 2. The van der Waals surface area contributed by atoms with Gasteiger partial charge in [-0.1, -0.05) is 59.8 Å². The summed E-state index contributed by atoms with van der Waals surface area (Å²) in [6.07, 6.45) is 8.67. The number of aromatic carboxylic acids is 1. The van der Waals surface area contributed by atoms with Crippen LogP contribution in [0.2, 0.25) is 0 Å². The molecule has 5 aromatic rings. The summed E-state index contributed by atoms with van der Waals surface area (Å²) >= 11 is 0. The Kier molecular flexibility index (Phi) is 7.81. The van der Waals surface area contributed by atoms with Crippen LogP contribution in [0.1, 0.15) is 86.2 Å². The lowest BCUT2D eigenvalue weighted by molar-refractivity contribution is -0.132. The maximum Gasteiger partial charge on any atom is 0.335 e. The molecule has 0 fully saturated rings. The maximum absolute atomic E-state index is 12.1. The number of nitrogens with zero attached hydrogens (tertiary/aromatic N) is 2. The largest absolute Gasteiger partial charge is 0.478 e. The van der Waals surface area contributed by atoms with Crippen LogP contribution in [0.5, 0.6) is 0 Å². The van der Waals surface area contributed by atoms with Crippen molar-refractivity contribution in [2.75, 3.05) is 6.54 Å². The molecule has 9 nitrogen and oxygen atoms in total. The van der Waals surface area contributed by atoms with E-state index < -0.39 is 18.0 Å². The maximum atomic E-state index is 12.1. The third-order valence-corrected chi connectivity index (χ3v) is 9.33. The highest BCUT2D eigenvalue weighted by atomic mass is 16.4. The van der Waals surface area contributed by atoms with E-state index in [1.165, 1.54) is 40.1 Å². The Morgan fingerprint density at radius 1 is 0.860 bits per heavy atom. The summed E-state index contributed by atoms with van der Waals surface area (Å²) in [6, 6.07) is 19.8. The summed E-state index contributed by atoms with van der Waals surface area (Å²) in [6.45, 7) is 13.7. The highest BCUT2D eigenvalue weighted by molar-refractivity contribution is 6.09. The molecule has 7 rings (SSSR count). The number of hydrogen-bond acceptors (Lipinski definition) is 6. The van der Waals surface area contributed by atoms with Crippen molar-refractivity contribution >= 4 is 45.0 Å². The average Bonchev–Trinajstić information content (AvgIpc) is 3.70. The Morgan fingerprint density at radius 2 is 1.52 bits per heavy atom. The van der Waals surface area contributed by atoms with Crippen molar-refractivity contribution in [2.24, 2.45) is 0 Å². The number of aromatic nitrogens is 2. The average molecular weight is 669 g/mol. The van der Waals surface area contributed by atoms with Crippen LogP contribution < -0.4 is 10.6 Å². The zero-order valence-corrected chi connectivity index (χ0v) is 29.0. The zero-order valence-electron chi connectivity index (χ0n) is 29.0. The van der Waals surface area contributed by atoms with Crippen LogP contribution in [0.4, 0.5) is 0 Å². The molecule has 3 aromatic heterocycles. The van der Waals surface area contributed by atoms with Gasteiger partial charge in [0.1, 0.15) is 5.76 Å². The SMILES string of the molecule is CC(C)(C)c1ccc2c(c1)c1cc(C(C)(C)C)ccc1n2-c1ccc(C2=CC(c3cc(C(=O)O)cc(C4=CC(C(=O)O)=CCN4)n3)NC=C2)o1. The molecule has 1 unspecified atom stereocenters. The Bertz CT molecular complexity index is 2260. The molecule has 0 aliphatic carbocycles. The molecule has 0 bridgehead atoms. The monoisotopic (exact) mass is 668 g/mol. The number of carboxylic acid groups (broad SMARTS) is 2. The van der Waals surface area contributed by atoms with Gasteiger partial charge in [0.2, 0.25) is 5.88 Å². The molecule has 0 amide bonds. The number of carboxylic acids is 2. The molecular formula is C41H40N4O5. The predicted octanol–water partition coefficient (Wildman–Crippen LogP) is 8.26. The van der Waals surface area contributed by atoms with Crippen molar-refractivity contribution in [3.63, 3.8) is 0 Å². The quantitative estimate of drug-likeness (QED) is 0.142. The summed E-state index contributed by atoms with van der Waals surface area (Å²) in [5.41, 5.74) is 6.84. The Hall–Kier alpha value is -5.83. The molecule has 2 aliphatic rings. The van der Waals surface area contributed by atoms with E-state index in [4.69, 9.17) is 9.40 Å². The number of hydrogen-bond donors (Lipinski definition) is 4. The highest BCUT2D eigenvalue weighted by Crippen LogP contribution is 2.38. The van der Waals surface area contributed by atoms with E-state index >= 15 is 0 Å². The molecule has 0 saturated carbocycles. The van der Waals surface area contributed by atoms with Gasteiger partial charge in [-0.2, -0.15) is 0 Å². The number of fused-ring (bicyclic) bond motifs is 3. The summed E-state index contributed by atoms with van der Waals surface area (Å²) < 4.78 is 8.77. The second-order valence-corrected chi connectivity index (χ2v) is 14.9. The molecule has 254 valence electrons. The fourth-order valence-corrected chi connectivity index (χ4v) is 6.48. The highest BCUT2D eigenvalue weighted by Gasteiger charge is 2.24. The number of allylic oxidation sites excluding steroid dienone is 2. The second kappa shape index (κ2) is 11.9. The van der Waals surface area contributed by atoms with Gasteiger partial charge in [0.25, 0.3) is 0 Å². The fraction of sp³-hybridized carbons (Fsp3) is 0.244. The van der Waals surface area contributed by atoms with Crippen LogP contribution >= 0.6 is 0 Å². The van der Waals surface area contributed by atoms with Gasteiger partial charge in [0, 0.05) is 29.0 Å². The van der Waals surface area contributed by atoms with Crippen molar-refractivity contribution in [3.05, 3.63) is 131 Å². The Labute approximate surface area is 290 Å². The number of carbonyl (C=O) groups is 2. The van der Waals surface area contributed by atoms with Crippen LogP contribution in [-0.4, -0.2) is 38.2 Å². The number of rotatable bonds is 6. The van der Waals surface area contributed by atoms with Gasteiger partial charge in [-0.05, 0) is 88.8 Å². The van der Waals surface area contributed by atoms with E-state index in [-0.39, 0.29) is 22.0 Å². The minimum atomic E-state index is -1.11. The Morgan fingerprint density at radius 3 is 2.12 bits per heavy atom. The molecule has 4 N–H and O–H groups in total. The van der Waals surface area contributed by atoms with Crippen LogP contribution in [0.15, 0.2) is 101 Å². The number of furan rings is 1. The smallest absolute Gasteiger partial charge is 0.335 e. The van der Waals surface area contributed by atoms with E-state index in [2.05, 4.69) is 93.1 Å². The van der Waals surface area contributed by atoms with Crippen LogP contribution in [0, 0.1) is 0 Å². The van der Waals surface area contributed by atoms with Crippen LogP contribution in [0.25, 0.3) is 39.0 Å². The van der Waals surface area contributed by atoms with Gasteiger partial charge in [-0.15, -0.1) is 0 Å². The second-order valence-electron chi connectivity index (χ2n) is 14.9. The molecular weight excluding hydrogens is 628 g/mol. The number of dihydropyridines is 2. The first-order chi connectivity index (χ1) is 23.7. The molecule has 5 heterocycles. The summed E-state index contributed by atoms with van der Waals surface area (Å²) in [5, 5.41) is 28.1. The van der Waals surface area contributed by atoms with Gasteiger partial charge < -0.3 is 25.3 Å². The van der Waals surface area contributed by atoms with Crippen molar-refractivity contribution in [1.29, 1.82) is 0 Å².